The number of hydrogen-bond donors (Lipinski definition) is 1. The summed E-state index contributed by atoms with van der Waals surface area (Å²) in [5, 5.41) is 13.8. The summed E-state index contributed by atoms with van der Waals surface area (Å²) in [7, 11) is 0. The first-order chi connectivity index (χ1) is 23.6. The van der Waals surface area contributed by atoms with E-state index in [0.29, 0.717) is 5.92 Å². The van der Waals surface area contributed by atoms with Gasteiger partial charge in [0.15, 0.2) is 5.78 Å². The van der Waals surface area contributed by atoms with Gasteiger partial charge < -0.3 is 5.11 Å². The van der Waals surface area contributed by atoms with Gasteiger partial charge in [-0.2, -0.15) is 0 Å². The number of allylic oxidation sites excluding steroid dienone is 2. The fourth-order valence-electron chi connectivity index (χ4n) is 6.11. The number of aliphatic hydroxyl groups excluding tert-OH is 1. The number of aromatic nitrogens is 2. The first-order valence-corrected chi connectivity index (χ1v) is 19.2. The molecule has 3 aromatic heterocycles. The zero-order valence-corrected chi connectivity index (χ0v) is 35.7. The summed E-state index contributed by atoms with van der Waals surface area (Å²) < 4.78 is 0. The fraction of sp³-hybridized carbons (Fsp3) is 0.444. The SMILES string of the molecule is CC(C)Cc1cnc2sc(-c3ccnc(-c4[c-]c5ccccc5c(C(C)(C)C)c4)c3)cc2c1.CCC(C)(CC)C(=O)/C=C(\O)C(C)(CC)CC.[Ir]. The number of benzene rings is 2. The van der Waals surface area contributed by atoms with Gasteiger partial charge in [-0.15, -0.1) is 40.5 Å². The van der Waals surface area contributed by atoms with Crippen LogP contribution >= 0.6 is 11.3 Å². The van der Waals surface area contributed by atoms with Gasteiger partial charge in [0.25, 0.3) is 0 Å². The van der Waals surface area contributed by atoms with E-state index in [1.807, 2.05) is 53.9 Å². The number of hydrogen-bond acceptors (Lipinski definition) is 5. The molecule has 0 atom stereocenters. The van der Waals surface area contributed by atoms with Crippen molar-refractivity contribution in [2.45, 2.75) is 114 Å². The Morgan fingerprint density at radius 2 is 1.53 bits per heavy atom. The zero-order valence-electron chi connectivity index (χ0n) is 32.5. The van der Waals surface area contributed by atoms with Crippen LogP contribution in [-0.2, 0) is 36.7 Å². The minimum atomic E-state index is -0.337. The maximum atomic E-state index is 12.2. The molecule has 0 bridgehead atoms. The number of ketones is 1. The van der Waals surface area contributed by atoms with Crippen molar-refractivity contribution in [1.29, 1.82) is 0 Å². The summed E-state index contributed by atoms with van der Waals surface area (Å²) in [5.74, 6) is 0.912. The van der Waals surface area contributed by atoms with Gasteiger partial charge in [0, 0.05) is 65.4 Å². The van der Waals surface area contributed by atoms with E-state index in [1.54, 1.807) is 11.3 Å². The third kappa shape index (κ3) is 10.0. The fourth-order valence-corrected chi connectivity index (χ4v) is 7.09. The molecule has 4 nitrogen and oxygen atoms in total. The van der Waals surface area contributed by atoms with Crippen molar-refractivity contribution < 1.29 is 30.0 Å². The van der Waals surface area contributed by atoms with Crippen LogP contribution in [0.5, 0.6) is 0 Å². The zero-order chi connectivity index (χ0) is 36.9. The second kappa shape index (κ2) is 17.6. The Morgan fingerprint density at radius 1 is 0.882 bits per heavy atom. The van der Waals surface area contributed by atoms with Gasteiger partial charge in [-0.1, -0.05) is 111 Å². The van der Waals surface area contributed by atoms with E-state index in [2.05, 4.69) is 95.3 Å². The van der Waals surface area contributed by atoms with Crippen LogP contribution in [0.15, 0.2) is 78.8 Å². The normalized spacial score (nSPS) is 12.5. The molecule has 0 saturated heterocycles. The van der Waals surface area contributed by atoms with E-state index >= 15 is 0 Å². The van der Waals surface area contributed by atoms with Crippen LogP contribution in [-0.4, -0.2) is 20.9 Å². The van der Waals surface area contributed by atoms with Crippen molar-refractivity contribution in [2.24, 2.45) is 16.7 Å². The molecule has 0 aliphatic rings. The van der Waals surface area contributed by atoms with Crippen LogP contribution < -0.4 is 0 Å². The van der Waals surface area contributed by atoms with E-state index < -0.39 is 0 Å². The molecule has 275 valence electrons. The van der Waals surface area contributed by atoms with Crippen molar-refractivity contribution in [1.82, 2.24) is 9.97 Å². The number of carbonyl (C=O) groups excluding carboxylic acids is 1. The maximum Gasteiger partial charge on any atom is 0.164 e. The van der Waals surface area contributed by atoms with E-state index in [4.69, 9.17) is 9.97 Å². The van der Waals surface area contributed by atoms with Gasteiger partial charge in [0.05, 0.1) is 0 Å². The van der Waals surface area contributed by atoms with Crippen molar-refractivity contribution >= 4 is 38.1 Å². The number of carbonyl (C=O) groups is 1. The third-order valence-electron chi connectivity index (χ3n) is 10.6. The van der Waals surface area contributed by atoms with Crippen LogP contribution in [0.4, 0.5) is 0 Å². The van der Waals surface area contributed by atoms with Gasteiger partial charge in [-0.3, -0.25) is 9.78 Å². The van der Waals surface area contributed by atoms with E-state index in [0.717, 1.165) is 53.6 Å². The minimum Gasteiger partial charge on any atom is -0.512 e. The molecule has 3 heterocycles. The van der Waals surface area contributed by atoms with Crippen LogP contribution in [0.3, 0.4) is 0 Å². The van der Waals surface area contributed by atoms with Crippen LogP contribution in [0.2, 0.25) is 0 Å². The number of aliphatic hydroxyl groups is 1. The Bertz CT molecular complexity index is 1960. The molecule has 2 aromatic carbocycles. The molecule has 6 heteroatoms. The molecule has 1 N–H and O–H groups in total. The van der Waals surface area contributed by atoms with Crippen molar-refractivity contribution in [3.8, 4) is 21.7 Å². The average Bonchev–Trinajstić information content (AvgIpc) is 3.53. The molecule has 51 heavy (non-hydrogen) atoms. The smallest absolute Gasteiger partial charge is 0.164 e. The van der Waals surface area contributed by atoms with Gasteiger partial charge in [0.1, 0.15) is 10.6 Å². The number of pyridine rings is 2. The van der Waals surface area contributed by atoms with E-state index in [-0.39, 0.29) is 47.9 Å². The van der Waals surface area contributed by atoms with Crippen molar-refractivity contribution in [2.75, 3.05) is 0 Å². The number of rotatable bonds is 11. The molecule has 0 fully saturated rings. The Kier molecular flexibility index (Phi) is 14.5. The van der Waals surface area contributed by atoms with E-state index in [9.17, 15) is 9.90 Å². The average molecular weight is 882 g/mol. The second-order valence-electron chi connectivity index (χ2n) is 15.7. The van der Waals surface area contributed by atoms with Crippen LogP contribution in [0, 0.1) is 22.8 Å². The number of fused-ring (bicyclic) bond motifs is 2. The van der Waals surface area contributed by atoms with Crippen LogP contribution in [0.1, 0.15) is 113 Å². The summed E-state index contributed by atoms with van der Waals surface area (Å²) >= 11 is 1.74. The molecule has 5 rings (SSSR count). The summed E-state index contributed by atoms with van der Waals surface area (Å²) in [6.45, 7) is 23.4. The van der Waals surface area contributed by atoms with Crippen molar-refractivity contribution in [3.63, 3.8) is 0 Å². The molecule has 0 amide bonds. The topological polar surface area (TPSA) is 63.1 Å². The van der Waals surface area contributed by atoms with Crippen LogP contribution in [0.25, 0.3) is 42.7 Å². The van der Waals surface area contributed by atoms with Gasteiger partial charge >= 0.3 is 0 Å². The molecule has 0 unspecified atom stereocenters. The standard InChI is InChI=1S/C30H29N2S.C15H28O2.Ir/c1-19(2)12-20-13-24-17-28(33-29(24)32-18-20)22-10-11-31-27(16-22)23-14-21-8-6-7-9-25(21)26(15-23)30(3,4)5;1-7-14(5,8-2)12(16)11-13(17)15(6,9-3)10-4;/h6-11,13,15-19H,12H2,1-5H3;11,16H,7-10H2,1-6H3;/q-1;;/b;12-11-;. The molecular weight excluding hydrogens is 825 g/mol. The monoisotopic (exact) mass is 882 g/mol. The first kappa shape index (κ1) is 42.2. The Morgan fingerprint density at radius 3 is 2.14 bits per heavy atom. The van der Waals surface area contributed by atoms with Gasteiger partial charge in [0.2, 0.25) is 0 Å². The molecular formula is C45H57IrN2O2S-. The minimum absolute atomic E-state index is 0. The third-order valence-corrected chi connectivity index (χ3v) is 11.7. The summed E-state index contributed by atoms with van der Waals surface area (Å²) in [6, 6.07) is 23.2. The summed E-state index contributed by atoms with van der Waals surface area (Å²) in [4.78, 5) is 23.9. The Balaban J connectivity index is 0.000000335. The molecule has 1 radical (unpaired) electrons. The second-order valence-corrected chi connectivity index (χ2v) is 16.7. The van der Waals surface area contributed by atoms with E-state index in [1.165, 1.54) is 38.4 Å². The molecule has 5 aromatic rings. The molecule has 0 saturated carbocycles. The summed E-state index contributed by atoms with van der Waals surface area (Å²) in [5.41, 5.74) is 5.22. The number of thiophene rings is 1. The van der Waals surface area contributed by atoms with Gasteiger partial charge in [-0.05, 0) is 72.8 Å². The molecule has 0 aliphatic heterocycles. The van der Waals surface area contributed by atoms with Crippen molar-refractivity contribution in [3.05, 3.63) is 96.0 Å². The molecule has 0 aliphatic carbocycles. The first-order valence-electron chi connectivity index (χ1n) is 18.3. The largest absolute Gasteiger partial charge is 0.512 e. The number of nitrogens with zero attached hydrogens (tertiary/aromatic N) is 2. The van der Waals surface area contributed by atoms with Gasteiger partial charge in [-0.25, -0.2) is 4.98 Å². The molecule has 0 spiro atoms. The maximum absolute atomic E-state index is 12.2. The predicted octanol–water partition coefficient (Wildman–Crippen LogP) is 13.1. The quantitative estimate of drug-likeness (QED) is 0.0815. The Labute approximate surface area is 324 Å². The Hall–Kier alpha value is -3.18. The summed E-state index contributed by atoms with van der Waals surface area (Å²) in [6.07, 6.45) is 9.75. The predicted molar refractivity (Wildman–Crippen MR) is 215 cm³/mol.